The van der Waals surface area contributed by atoms with Crippen molar-refractivity contribution in [3.05, 3.63) is 53.1 Å². The number of amides is 1. The van der Waals surface area contributed by atoms with E-state index >= 15 is 0 Å². The highest BCUT2D eigenvalue weighted by molar-refractivity contribution is 5.76. The Kier molecular flexibility index (Phi) is 6.15. The predicted octanol–water partition coefficient (Wildman–Crippen LogP) is 3.35. The van der Waals surface area contributed by atoms with E-state index in [9.17, 15) is 9.18 Å². The van der Waals surface area contributed by atoms with Crippen molar-refractivity contribution >= 4 is 11.9 Å². The highest BCUT2D eigenvalue weighted by Crippen LogP contribution is 2.19. The lowest BCUT2D eigenvalue weighted by Crippen LogP contribution is -2.36. The molecule has 26 heavy (non-hydrogen) atoms. The minimum Gasteiger partial charge on any atom is -0.354 e. The van der Waals surface area contributed by atoms with Gasteiger partial charge in [0.15, 0.2) is 0 Å². The number of fused-ring (bicyclic) bond motifs is 1. The first kappa shape index (κ1) is 18.3. The second-order valence-corrected chi connectivity index (χ2v) is 6.64. The van der Waals surface area contributed by atoms with E-state index in [0.29, 0.717) is 31.9 Å². The average molecular weight is 356 g/mol. The maximum Gasteiger partial charge on any atom is 0.222 e. The topological polar surface area (TPSA) is 58.1 Å². The van der Waals surface area contributed by atoms with Gasteiger partial charge in [-0.15, -0.1) is 0 Å². The zero-order valence-corrected chi connectivity index (χ0v) is 15.2. The number of halogens is 1. The summed E-state index contributed by atoms with van der Waals surface area (Å²) in [5.41, 5.74) is 2.97. The lowest BCUT2D eigenvalue weighted by atomic mass is 10.1. The van der Waals surface area contributed by atoms with Crippen LogP contribution in [-0.2, 0) is 24.2 Å². The van der Waals surface area contributed by atoms with Crippen molar-refractivity contribution < 1.29 is 9.18 Å². The summed E-state index contributed by atoms with van der Waals surface area (Å²) < 4.78 is 13.2. The van der Waals surface area contributed by atoms with Crippen molar-refractivity contribution in [1.29, 1.82) is 0 Å². The number of benzene rings is 1. The molecule has 1 aromatic heterocycles. The zero-order chi connectivity index (χ0) is 18.4. The summed E-state index contributed by atoms with van der Waals surface area (Å²) in [4.78, 5) is 23.0. The first-order valence-corrected chi connectivity index (χ1v) is 9.26. The van der Waals surface area contributed by atoms with Gasteiger partial charge in [0, 0.05) is 44.2 Å². The summed E-state index contributed by atoms with van der Waals surface area (Å²) in [6, 6.07) is 6.61. The number of aromatic nitrogens is 2. The number of hydrogen-bond acceptors (Lipinski definition) is 4. The zero-order valence-electron chi connectivity index (χ0n) is 15.2. The molecule has 1 aromatic carbocycles. The molecule has 1 amide bonds. The predicted molar refractivity (Wildman–Crippen MR) is 99.3 cm³/mol. The van der Waals surface area contributed by atoms with E-state index in [-0.39, 0.29) is 11.7 Å². The third-order valence-corrected chi connectivity index (χ3v) is 4.62. The van der Waals surface area contributed by atoms with Crippen molar-refractivity contribution in [2.75, 3.05) is 18.4 Å². The number of nitrogens with one attached hydrogen (secondary N) is 1. The van der Waals surface area contributed by atoms with Crippen LogP contribution in [0.15, 0.2) is 30.5 Å². The molecule has 5 nitrogen and oxygen atoms in total. The lowest BCUT2D eigenvalue weighted by Gasteiger charge is -2.28. The molecule has 0 aliphatic carbocycles. The van der Waals surface area contributed by atoms with E-state index in [2.05, 4.69) is 22.2 Å². The highest BCUT2D eigenvalue weighted by atomic mass is 19.1. The number of carbonyl (C=O) groups excluding carboxylic acids is 1. The maximum atomic E-state index is 13.2. The van der Waals surface area contributed by atoms with E-state index in [1.165, 1.54) is 6.07 Å². The van der Waals surface area contributed by atoms with Crippen molar-refractivity contribution in [3.63, 3.8) is 0 Å². The van der Waals surface area contributed by atoms with E-state index in [0.717, 1.165) is 42.6 Å². The number of hydrogen-bond donors (Lipinski definition) is 1. The van der Waals surface area contributed by atoms with E-state index in [4.69, 9.17) is 0 Å². The van der Waals surface area contributed by atoms with Gasteiger partial charge in [-0.2, -0.15) is 0 Å². The number of unbranched alkanes of at least 4 members (excludes halogenated alkanes) is 1. The van der Waals surface area contributed by atoms with Crippen molar-refractivity contribution in [1.82, 2.24) is 14.9 Å². The largest absolute Gasteiger partial charge is 0.354 e. The second kappa shape index (κ2) is 8.74. The number of nitrogens with zero attached hydrogens (tertiary/aromatic N) is 3. The Morgan fingerprint density at radius 2 is 2.27 bits per heavy atom. The molecule has 138 valence electrons. The molecule has 1 aliphatic heterocycles. The molecule has 6 heteroatoms. The standard InChI is InChI=1S/C20H25FN4O/c1-2-3-7-19(26)25-11-9-18-16(14-25)13-23-20(24-18)22-10-8-15-5-4-6-17(21)12-15/h4-6,12-13H,2-3,7-11,14H2,1H3,(H,22,23,24). The maximum absolute atomic E-state index is 13.2. The van der Waals surface area contributed by atoms with Crippen LogP contribution in [0.1, 0.15) is 43.0 Å². The van der Waals surface area contributed by atoms with E-state index in [1.807, 2.05) is 17.2 Å². The van der Waals surface area contributed by atoms with Gasteiger partial charge in [0.05, 0.1) is 5.69 Å². The Hall–Kier alpha value is -2.50. The van der Waals surface area contributed by atoms with Crippen molar-refractivity contribution in [2.24, 2.45) is 0 Å². The molecule has 1 N–H and O–H groups in total. The lowest BCUT2D eigenvalue weighted by molar-refractivity contribution is -0.132. The fourth-order valence-corrected chi connectivity index (χ4v) is 3.11. The first-order valence-electron chi connectivity index (χ1n) is 9.26. The second-order valence-electron chi connectivity index (χ2n) is 6.64. The van der Waals surface area contributed by atoms with Gasteiger partial charge in [-0.25, -0.2) is 14.4 Å². The van der Waals surface area contributed by atoms with Gasteiger partial charge in [-0.3, -0.25) is 4.79 Å². The van der Waals surface area contributed by atoms with Gasteiger partial charge in [-0.05, 0) is 30.5 Å². The SMILES string of the molecule is CCCCC(=O)N1CCc2nc(NCCc3cccc(F)c3)ncc2C1. The van der Waals surface area contributed by atoms with E-state index < -0.39 is 0 Å². The molecule has 2 aromatic rings. The van der Waals surface area contributed by atoms with Gasteiger partial charge in [0.25, 0.3) is 0 Å². The van der Waals surface area contributed by atoms with Gasteiger partial charge in [0.2, 0.25) is 11.9 Å². The molecule has 0 spiro atoms. The third-order valence-electron chi connectivity index (χ3n) is 4.62. The fraction of sp³-hybridized carbons (Fsp3) is 0.450. The van der Waals surface area contributed by atoms with Gasteiger partial charge >= 0.3 is 0 Å². The fourth-order valence-electron chi connectivity index (χ4n) is 3.11. The van der Waals surface area contributed by atoms with Gasteiger partial charge in [0.1, 0.15) is 5.82 Å². The smallest absolute Gasteiger partial charge is 0.222 e. The Morgan fingerprint density at radius 1 is 1.38 bits per heavy atom. The molecule has 3 rings (SSSR count). The Labute approximate surface area is 153 Å². The molecule has 0 unspecified atom stereocenters. The molecule has 0 saturated heterocycles. The molecular formula is C20H25FN4O. The van der Waals surface area contributed by atoms with Crippen LogP contribution in [0.4, 0.5) is 10.3 Å². The third kappa shape index (κ3) is 4.77. The summed E-state index contributed by atoms with van der Waals surface area (Å²) >= 11 is 0. The van der Waals surface area contributed by atoms with Crippen LogP contribution in [-0.4, -0.2) is 33.9 Å². The quantitative estimate of drug-likeness (QED) is 0.827. The molecule has 2 heterocycles. The van der Waals surface area contributed by atoms with Crippen LogP contribution in [0.3, 0.4) is 0 Å². The van der Waals surface area contributed by atoms with Crippen LogP contribution in [0.5, 0.6) is 0 Å². The summed E-state index contributed by atoms with van der Waals surface area (Å²) in [7, 11) is 0. The average Bonchev–Trinajstić information content (AvgIpc) is 2.65. The summed E-state index contributed by atoms with van der Waals surface area (Å²) in [6.07, 6.45) is 5.86. The van der Waals surface area contributed by atoms with Crippen molar-refractivity contribution in [2.45, 2.75) is 45.6 Å². The molecule has 0 radical (unpaired) electrons. The summed E-state index contributed by atoms with van der Waals surface area (Å²) in [5.74, 6) is 0.589. The molecule has 0 bridgehead atoms. The number of carbonyl (C=O) groups is 1. The number of rotatable bonds is 7. The molecule has 0 fully saturated rings. The first-order chi connectivity index (χ1) is 12.7. The highest BCUT2D eigenvalue weighted by Gasteiger charge is 2.21. The van der Waals surface area contributed by atoms with E-state index in [1.54, 1.807) is 12.1 Å². The van der Waals surface area contributed by atoms with Crippen LogP contribution in [0.2, 0.25) is 0 Å². The van der Waals surface area contributed by atoms with Crippen molar-refractivity contribution in [3.8, 4) is 0 Å². The Morgan fingerprint density at radius 3 is 3.08 bits per heavy atom. The summed E-state index contributed by atoms with van der Waals surface area (Å²) in [5, 5.41) is 3.20. The molecular weight excluding hydrogens is 331 g/mol. The van der Waals surface area contributed by atoms with Crippen LogP contribution < -0.4 is 5.32 Å². The van der Waals surface area contributed by atoms with Crippen LogP contribution >= 0.6 is 0 Å². The molecule has 0 saturated carbocycles. The number of anilines is 1. The summed E-state index contributed by atoms with van der Waals surface area (Å²) in [6.45, 7) is 4.05. The van der Waals surface area contributed by atoms with Crippen LogP contribution in [0.25, 0.3) is 0 Å². The van der Waals surface area contributed by atoms with Crippen LogP contribution in [0, 0.1) is 5.82 Å². The van der Waals surface area contributed by atoms with Gasteiger partial charge < -0.3 is 10.2 Å². The Balaban J connectivity index is 1.54. The Bertz CT molecular complexity index is 765. The monoisotopic (exact) mass is 356 g/mol. The molecule has 1 aliphatic rings. The molecule has 0 atom stereocenters. The van der Waals surface area contributed by atoms with Gasteiger partial charge in [-0.1, -0.05) is 25.5 Å². The minimum atomic E-state index is -0.217. The minimum absolute atomic E-state index is 0.217. The normalized spacial score (nSPS) is 13.4.